The SMILES string of the molecule is NCC1(c2ccc([N+](=O)[O-])cc2)SCCS1. The van der Waals surface area contributed by atoms with Crippen LogP contribution < -0.4 is 5.73 Å². The maximum atomic E-state index is 10.6. The van der Waals surface area contributed by atoms with Gasteiger partial charge in [0, 0.05) is 30.2 Å². The molecular formula is C10H12N2O2S2. The summed E-state index contributed by atoms with van der Waals surface area (Å²) in [7, 11) is 0. The van der Waals surface area contributed by atoms with Gasteiger partial charge in [-0.2, -0.15) is 0 Å². The molecule has 1 aromatic carbocycles. The lowest BCUT2D eigenvalue weighted by Crippen LogP contribution is -2.25. The maximum absolute atomic E-state index is 10.6. The highest BCUT2D eigenvalue weighted by molar-refractivity contribution is 8.20. The number of hydrogen-bond acceptors (Lipinski definition) is 5. The van der Waals surface area contributed by atoms with Gasteiger partial charge in [0.05, 0.1) is 9.00 Å². The maximum Gasteiger partial charge on any atom is 0.269 e. The second kappa shape index (κ2) is 4.65. The first-order valence-electron chi connectivity index (χ1n) is 4.91. The van der Waals surface area contributed by atoms with Crippen molar-refractivity contribution in [1.82, 2.24) is 0 Å². The van der Waals surface area contributed by atoms with E-state index in [1.54, 1.807) is 12.1 Å². The summed E-state index contributed by atoms with van der Waals surface area (Å²) in [6, 6.07) is 6.73. The minimum atomic E-state index is -0.381. The summed E-state index contributed by atoms with van der Waals surface area (Å²) >= 11 is 3.65. The zero-order valence-electron chi connectivity index (χ0n) is 8.59. The minimum absolute atomic E-state index is 0.102. The average molecular weight is 256 g/mol. The molecule has 0 aliphatic carbocycles. The first kappa shape index (κ1) is 11.8. The fourth-order valence-electron chi connectivity index (χ4n) is 1.69. The average Bonchev–Trinajstić information content (AvgIpc) is 2.79. The summed E-state index contributed by atoms with van der Waals surface area (Å²) in [5.41, 5.74) is 7.03. The van der Waals surface area contributed by atoms with Crippen LogP contribution in [0.2, 0.25) is 0 Å². The van der Waals surface area contributed by atoms with Crippen molar-refractivity contribution in [3.05, 3.63) is 39.9 Å². The van der Waals surface area contributed by atoms with E-state index in [2.05, 4.69) is 0 Å². The Labute approximate surface area is 102 Å². The smallest absolute Gasteiger partial charge is 0.269 e. The second-order valence-electron chi connectivity index (χ2n) is 3.46. The second-order valence-corrected chi connectivity index (χ2v) is 6.50. The highest BCUT2D eigenvalue weighted by Gasteiger charge is 2.36. The summed E-state index contributed by atoms with van der Waals surface area (Å²) in [5.74, 6) is 2.16. The van der Waals surface area contributed by atoms with Crippen LogP contribution in [-0.2, 0) is 4.08 Å². The van der Waals surface area contributed by atoms with E-state index in [-0.39, 0.29) is 14.7 Å². The molecule has 4 nitrogen and oxygen atoms in total. The molecule has 6 heteroatoms. The van der Waals surface area contributed by atoms with Crippen LogP contribution in [0.3, 0.4) is 0 Å². The summed E-state index contributed by atoms with van der Waals surface area (Å²) in [6.45, 7) is 0.556. The van der Waals surface area contributed by atoms with Crippen LogP contribution in [0.5, 0.6) is 0 Å². The van der Waals surface area contributed by atoms with E-state index < -0.39 is 0 Å². The molecule has 1 fully saturated rings. The topological polar surface area (TPSA) is 69.2 Å². The zero-order chi connectivity index (χ0) is 11.6. The Balaban J connectivity index is 2.29. The Kier molecular flexibility index (Phi) is 3.41. The summed E-state index contributed by atoms with van der Waals surface area (Å²) in [6.07, 6.45) is 0. The van der Waals surface area contributed by atoms with Gasteiger partial charge in [0.25, 0.3) is 5.69 Å². The van der Waals surface area contributed by atoms with Crippen LogP contribution in [0, 0.1) is 10.1 Å². The predicted octanol–water partition coefficient (Wildman–Crippen LogP) is 2.19. The third-order valence-electron chi connectivity index (χ3n) is 2.54. The third-order valence-corrected chi connectivity index (χ3v) is 6.06. The third kappa shape index (κ3) is 2.05. The molecule has 1 aliphatic heterocycles. The fraction of sp³-hybridized carbons (Fsp3) is 0.400. The van der Waals surface area contributed by atoms with Gasteiger partial charge >= 0.3 is 0 Å². The van der Waals surface area contributed by atoms with E-state index in [0.29, 0.717) is 6.54 Å². The van der Waals surface area contributed by atoms with E-state index in [9.17, 15) is 10.1 Å². The molecule has 86 valence electrons. The van der Waals surface area contributed by atoms with Crippen molar-refractivity contribution in [2.24, 2.45) is 5.73 Å². The normalized spacial score (nSPS) is 18.6. The predicted molar refractivity (Wildman–Crippen MR) is 68.7 cm³/mol. The first-order valence-corrected chi connectivity index (χ1v) is 6.88. The Bertz CT molecular complexity index is 388. The molecule has 2 N–H and O–H groups in total. The number of rotatable bonds is 3. The molecule has 0 amide bonds. The molecule has 1 aromatic rings. The number of thioether (sulfide) groups is 2. The fourth-order valence-corrected chi connectivity index (χ4v) is 4.69. The lowest BCUT2D eigenvalue weighted by atomic mass is 10.1. The Morgan fingerprint density at radius 1 is 1.31 bits per heavy atom. The molecule has 0 radical (unpaired) electrons. The summed E-state index contributed by atoms with van der Waals surface area (Å²) in [4.78, 5) is 10.2. The molecule has 0 spiro atoms. The van der Waals surface area contributed by atoms with Gasteiger partial charge in [0.15, 0.2) is 0 Å². The Morgan fingerprint density at radius 2 is 1.88 bits per heavy atom. The van der Waals surface area contributed by atoms with Gasteiger partial charge in [0.1, 0.15) is 0 Å². The van der Waals surface area contributed by atoms with Gasteiger partial charge in [-0.1, -0.05) is 0 Å². The van der Waals surface area contributed by atoms with Crippen LogP contribution >= 0.6 is 23.5 Å². The van der Waals surface area contributed by atoms with Crippen LogP contribution in [0.25, 0.3) is 0 Å². The van der Waals surface area contributed by atoms with Crippen molar-refractivity contribution in [2.45, 2.75) is 4.08 Å². The molecule has 0 bridgehead atoms. The van der Waals surface area contributed by atoms with E-state index >= 15 is 0 Å². The molecule has 2 rings (SSSR count). The number of hydrogen-bond donors (Lipinski definition) is 1. The Morgan fingerprint density at radius 3 is 2.31 bits per heavy atom. The van der Waals surface area contributed by atoms with Crippen LogP contribution in [0.15, 0.2) is 24.3 Å². The number of nitrogens with two attached hydrogens (primary N) is 1. The van der Waals surface area contributed by atoms with E-state index in [1.165, 1.54) is 0 Å². The van der Waals surface area contributed by atoms with Gasteiger partial charge in [0.2, 0.25) is 0 Å². The molecule has 1 aliphatic rings. The van der Waals surface area contributed by atoms with Gasteiger partial charge in [-0.15, -0.1) is 23.5 Å². The standard InChI is InChI=1S/C10H12N2O2S2/c11-7-10(15-5-6-16-10)8-1-3-9(4-2-8)12(13)14/h1-4H,5-7,11H2. The molecule has 16 heavy (non-hydrogen) atoms. The first-order chi connectivity index (χ1) is 7.68. The van der Waals surface area contributed by atoms with Gasteiger partial charge in [-0.05, 0) is 17.7 Å². The van der Waals surface area contributed by atoms with E-state index in [1.807, 2.05) is 35.7 Å². The van der Waals surface area contributed by atoms with Crippen LogP contribution in [0.4, 0.5) is 5.69 Å². The lowest BCUT2D eigenvalue weighted by Gasteiger charge is -2.25. The van der Waals surface area contributed by atoms with E-state index in [0.717, 1.165) is 17.1 Å². The number of nitro benzene ring substituents is 1. The molecule has 0 saturated carbocycles. The molecule has 0 unspecified atom stereocenters. The number of nitro groups is 1. The quantitative estimate of drug-likeness (QED) is 0.663. The summed E-state index contributed by atoms with van der Waals surface area (Å²) in [5, 5.41) is 10.6. The highest BCUT2D eigenvalue weighted by atomic mass is 32.2. The number of non-ortho nitro benzene ring substituents is 1. The Hall–Kier alpha value is -0.720. The van der Waals surface area contributed by atoms with Crippen LogP contribution in [-0.4, -0.2) is 23.0 Å². The lowest BCUT2D eigenvalue weighted by molar-refractivity contribution is -0.384. The van der Waals surface area contributed by atoms with Gasteiger partial charge < -0.3 is 5.73 Å². The minimum Gasteiger partial charge on any atom is -0.328 e. The monoisotopic (exact) mass is 256 g/mol. The number of nitrogens with zero attached hydrogens (tertiary/aromatic N) is 1. The van der Waals surface area contributed by atoms with Crippen molar-refractivity contribution in [3.8, 4) is 0 Å². The zero-order valence-corrected chi connectivity index (χ0v) is 10.2. The molecular weight excluding hydrogens is 244 g/mol. The van der Waals surface area contributed by atoms with E-state index in [4.69, 9.17) is 5.73 Å². The van der Waals surface area contributed by atoms with Crippen molar-refractivity contribution in [3.63, 3.8) is 0 Å². The van der Waals surface area contributed by atoms with Crippen LogP contribution in [0.1, 0.15) is 5.56 Å². The van der Waals surface area contributed by atoms with Crippen molar-refractivity contribution in [2.75, 3.05) is 18.1 Å². The number of benzene rings is 1. The summed E-state index contributed by atoms with van der Waals surface area (Å²) < 4.78 is -0.102. The van der Waals surface area contributed by atoms with Gasteiger partial charge in [-0.25, -0.2) is 0 Å². The van der Waals surface area contributed by atoms with Gasteiger partial charge in [-0.3, -0.25) is 10.1 Å². The molecule has 0 aromatic heterocycles. The largest absolute Gasteiger partial charge is 0.328 e. The molecule has 1 heterocycles. The van der Waals surface area contributed by atoms with Crippen molar-refractivity contribution in [1.29, 1.82) is 0 Å². The van der Waals surface area contributed by atoms with Crippen molar-refractivity contribution >= 4 is 29.2 Å². The van der Waals surface area contributed by atoms with Crippen molar-refractivity contribution < 1.29 is 4.92 Å². The highest BCUT2D eigenvalue weighted by Crippen LogP contribution is 2.51. The molecule has 0 atom stereocenters. The molecule has 1 saturated heterocycles.